The lowest BCUT2D eigenvalue weighted by Crippen LogP contribution is -1.91. The minimum Gasteiger partial charge on any atom is -0.416 e. The van der Waals surface area contributed by atoms with Crippen LogP contribution in [0, 0.1) is 0 Å². The third-order valence-electron chi connectivity index (χ3n) is 19.6. The van der Waals surface area contributed by atoms with Gasteiger partial charge in [-0.15, -0.1) is 10.2 Å². The molecule has 0 atom stereocenters. The summed E-state index contributed by atoms with van der Waals surface area (Å²) in [6, 6.07) is 113. The lowest BCUT2D eigenvalue weighted by atomic mass is 9.92. The molecule has 0 bridgehead atoms. The number of H-pyrrole nitrogens is 4. The fourth-order valence-corrected chi connectivity index (χ4v) is 14.7. The normalized spacial score (nSPS) is 11.7. The van der Waals surface area contributed by atoms with Crippen molar-refractivity contribution in [1.29, 1.82) is 0 Å². The highest BCUT2D eigenvalue weighted by atomic mass is 16.4. The molecule has 454 valence electrons. The summed E-state index contributed by atoms with van der Waals surface area (Å²) in [5.41, 5.74) is 28.8. The van der Waals surface area contributed by atoms with Gasteiger partial charge in [-0.2, -0.15) is 0 Å². The lowest BCUT2D eigenvalue weighted by Gasteiger charge is -2.13. The molecule has 14 aromatic carbocycles. The molecule has 0 radical (unpaired) electrons. The highest BCUT2D eigenvalue weighted by Gasteiger charge is 2.18. The zero-order valence-electron chi connectivity index (χ0n) is 52.5. The number of para-hydroxylation sites is 8. The molecule has 0 aliphatic rings. The van der Waals surface area contributed by atoms with E-state index in [2.05, 4.69) is 358 Å². The Morgan fingerprint density at radius 1 is 0.227 bits per heavy atom. The monoisotopic (exact) mass is 1240 g/mol. The highest BCUT2D eigenvalue weighted by Crippen LogP contribution is 2.41. The van der Waals surface area contributed by atoms with Crippen molar-refractivity contribution in [2.45, 2.75) is 0 Å². The van der Waals surface area contributed by atoms with Crippen LogP contribution in [0.5, 0.6) is 0 Å². The molecule has 7 nitrogen and oxygen atoms in total. The Balaban J connectivity index is 0.627. The van der Waals surface area contributed by atoms with Gasteiger partial charge in [0.2, 0.25) is 11.8 Å². The van der Waals surface area contributed by atoms with Crippen molar-refractivity contribution in [2.24, 2.45) is 0 Å². The van der Waals surface area contributed by atoms with E-state index in [4.69, 9.17) is 4.42 Å². The molecule has 0 amide bonds. The van der Waals surface area contributed by atoms with Crippen LogP contribution in [-0.2, 0) is 0 Å². The van der Waals surface area contributed by atoms with Crippen molar-refractivity contribution in [2.75, 3.05) is 0 Å². The van der Waals surface area contributed by atoms with Gasteiger partial charge in [-0.1, -0.05) is 267 Å². The molecule has 7 heteroatoms. The summed E-state index contributed by atoms with van der Waals surface area (Å²) in [7, 11) is 0. The number of rotatable bonds is 12. The summed E-state index contributed by atoms with van der Waals surface area (Å²) in [6.07, 6.45) is 4.54. The van der Waals surface area contributed by atoms with Crippen molar-refractivity contribution in [3.63, 3.8) is 0 Å². The Bertz CT molecular complexity index is 5610. The summed E-state index contributed by atoms with van der Waals surface area (Å²) >= 11 is 0. The van der Waals surface area contributed by atoms with E-state index in [0.717, 1.165) is 122 Å². The van der Waals surface area contributed by atoms with Crippen LogP contribution in [0.25, 0.3) is 178 Å². The molecule has 0 saturated carbocycles. The SMILES string of the molecule is C(=C(c1ccc(-c2cccc3c2[nH]c2ccccc23)cc1)c1ccc(-c2cccc3c2[nH]c2ccccc23)cc1)c1ccc(-c2nnc(-c3ccc(C=C(c4ccc(-c5cccc6c5[nH]c5ccccc56)cc4)c4ccc(-c5cccc6c5[nH]c5ccccc56)cc4)cc3)o2)cc1. The quantitative estimate of drug-likeness (QED) is 0.0917. The van der Waals surface area contributed by atoms with E-state index in [1.807, 2.05) is 0 Å². The van der Waals surface area contributed by atoms with Crippen LogP contribution in [0.2, 0.25) is 0 Å². The fraction of sp³-hybridized carbons (Fsp3) is 0. The number of benzene rings is 14. The van der Waals surface area contributed by atoms with Gasteiger partial charge >= 0.3 is 0 Å². The van der Waals surface area contributed by atoms with E-state index < -0.39 is 0 Å². The van der Waals surface area contributed by atoms with Crippen LogP contribution >= 0.6 is 0 Å². The maximum absolute atomic E-state index is 6.48. The first kappa shape index (κ1) is 55.5. The predicted molar refractivity (Wildman–Crippen MR) is 404 cm³/mol. The second kappa shape index (κ2) is 22.9. The molecule has 0 aliphatic carbocycles. The van der Waals surface area contributed by atoms with Crippen LogP contribution < -0.4 is 0 Å². The number of nitrogens with one attached hydrogen (secondary N) is 4. The molecular formula is C90H58N6O. The first-order chi connectivity index (χ1) is 48.0. The Morgan fingerprint density at radius 3 is 0.732 bits per heavy atom. The topological polar surface area (TPSA) is 102 Å². The van der Waals surface area contributed by atoms with Gasteiger partial charge in [0.05, 0.1) is 22.1 Å². The summed E-state index contributed by atoms with van der Waals surface area (Å²) in [5, 5.41) is 19.0. The van der Waals surface area contributed by atoms with Gasteiger partial charge in [-0.25, -0.2) is 0 Å². The van der Waals surface area contributed by atoms with Crippen LogP contribution in [0.15, 0.2) is 320 Å². The van der Waals surface area contributed by atoms with Gasteiger partial charge in [-0.05, 0) is 127 Å². The van der Waals surface area contributed by atoms with E-state index in [0.29, 0.717) is 11.8 Å². The number of hydrogen-bond acceptors (Lipinski definition) is 3. The second-order valence-corrected chi connectivity index (χ2v) is 25.2. The molecule has 5 heterocycles. The number of fused-ring (bicyclic) bond motifs is 12. The van der Waals surface area contributed by atoms with Crippen LogP contribution in [0.1, 0.15) is 33.4 Å². The molecule has 19 rings (SSSR count). The Hall–Kier alpha value is -13.1. The third-order valence-corrected chi connectivity index (χ3v) is 19.6. The second-order valence-electron chi connectivity index (χ2n) is 25.2. The van der Waals surface area contributed by atoms with Gasteiger partial charge in [0.1, 0.15) is 0 Å². The number of nitrogens with zero attached hydrogens (tertiary/aromatic N) is 2. The zero-order chi connectivity index (χ0) is 63.9. The van der Waals surface area contributed by atoms with Crippen molar-refractivity contribution >= 4 is 111 Å². The van der Waals surface area contributed by atoms with E-state index in [-0.39, 0.29) is 0 Å². The summed E-state index contributed by atoms with van der Waals surface area (Å²) < 4.78 is 6.48. The van der Waals surface area contributed by atoms with Crippen LogP contribution in [0.3, 0.4) is 0 Å². The highest BCUT2D eigenvalue weighted by molar-refractivity contribution is 6.15. The minimum absolute atomic E-state index is 0.451. The van der Waals surface area contributed by atoms with E-state index in [1.54, 1.807) is 0 Å². The molecule has 0 saturated heterocycles. The van der Waals surface area contributed by atoms with E-state index in [1.165, 1.54) is 65.3 Å². The Kier molecular flexibility index (Phi) is 13.1. The van der Waals surface area contributed by atoms with Crippen LogP contribution in [0.4, 0.5) is 0 Å². The van der Waals surface area contributed by atoms with Crippen molar-refractivity contribution in [3.8, 4) is 67.4 Å². The summed E-state index contributed by atoms with van der Waals surface area (Å²) in [5.74, 6) is 0.901. The molecule has 19 aromatic rings. The fourth-order valence-electron chi connectivity index (χ4n) is 14.7. The standard InChI is InChI=1S/C90H58N6O/c1-5-25-81-71(13-1)75-21-9-17-67(85(75)91-81)57-37-45-61(46-38-57)79(62-47-39-58(40-48-62)68-18-10-22-76-72-14-2-6-26-82(72)92-86(68)76)53-55-29-33-65(34-30-55)89-95-96-90(97-89)66-35-31-56(32-36-66)54-80(63-49-41-59(42-50-63)69-19-11-23-77-73-15-3-7-27-83(73)93-87(69)77)64-51-43-60(44-52-64)70-20-12-24-78-74-16-4-8-28-84(74)94-88(70)78/h1-54,91-94H. The predicted octanol–water partition coefficient (Wildman–Crippen LogP) is 23.8. The van der Waals surface area contributed by atoms with E-state index >= 15 is 0 Å². The minimum atomic E-state index is 0.451. The maximum atomic E-state index is 6.48. The average molecular weight is 1240 g/mol. The van der Waals surface area contributed by atoms with Crippen molar-refractivity contribution in [1.82, 2.24) is 30.1 Å². The van der Waals surface area contributed by atoms with Gasteiger partial charge in [0.25, 0.3) is 0 Å². The van der Waals surface area contributed by atoms with Gasteiger partial charge < -0.3 is 24.4 Å². The van der Waals surface area contributed by atoms with Gasteiger partial charge in [0, 0.05) is 98.5 Å². The molecule has 0 aliphatic heterocycles. The number of hydrogen-bond donors (Lipinski definition) is 4. The first-order valence-corrected chi connectivity index (χ1v) is 32.9. The Morgan fingerprint density at radius 2 is 0.464 bits per heavy atom. The van der Waals surface area contributed by atoms with Crippen LogP contribution in [-0.4, -0.2) is 30.1 Å². The number of aromatic amines is 4. The number of aromatic nitrogens is 6. The van der Waals surface area contributed by atoms with Gasteiger partial charge in [0.15, 0.2) is 0 Å². The average Bonchev–Trinajstić information content (AvgIpc) is 1.65. The third kappa shape index (κ3) is 9.75. The Labute approximate surface area is 558 Å². The van der Waals surface area contributed by atoms with Crippen molar-refractivity contribution < 1.29 is 4.42 Å². The lowest BCUT2D eigenvalue weighted by molar-refractivity contribution is 0.584. The maximum Gasteiger partial charge on any atom is 0.248 e. The molecule has 0 fully saturated rings. The van der Waals surface area contributed by atoms with Gasteiger partial charge in [-0.3, -0.25) is 0 Å². The molecule has 97 heavy (non-hydrogen) atoms. The molecule has 5 aromatic heterocycles. The van der Waals surface area contributed by atoms with E-state index in [9.17, 15) is 0 Å². The smallest absolute Gasteiger partial charge is 0.248 e. The molecular weight excluding hydrogens is 1180 g/mol. The van der Waals surface area contributed by atoms with Crippen molar-refractivity contribution in [3.05, 3.63) is 349 Å². The largest absolute Gasteiger partial charge is 0.416 e. The summed E-state index contributed by atoms with van der Waals surface area (Å²) in [6.45, 7) is 0. The molecule has 0 unspecified atom stereocenters. The summed E-state index contributed by atoms with van der Waals surface area (Å²) in [4.78, 5) is 14.8. The molecule has 0 spiro atoms. The zero-order valence-corrected chi connectivity index (χ0v) is 52.5. The first-order valence-electron chi connectivity index (χ1n) is 32.9. The molecule has 4 N–H and O–H groups in total.